The van der Waals surface area contributed by atoms with Gasteiger partial charge in [0.1, 0.15) is 0 Å². The number of benzene rings is 1. The van der Waals surface area contributed by atoms with Crippen molar-refractivity contribution in [3.05, 3.63) is 35.9 Å². The van der Waals surface area contributed by atoms with Crippen LogP contribution in [0.1, 0.15) is 31.7 Å². The highest BCUT2D eigenvalue weighted by molar-refractivity contribution is 5.78. The standard InChI is InChI=1S/C17H24N2O3/c1-3-22-16(20)14-10-7-11-15(14)19(17(21)18-2)12-13-8-5-4-6-9-13/h4-6,8-9,14-15H,3,7,10-12H2,1-2H3,(H,18,21)/t14-,15+/m1/s1. The SMILES string of the molecule is CCOC(=O)[C@@H]1CCC[C@@H]1N(Cc1ccccc1)C(=O)NC. The zero-order valence-electron chi connectivity index (χ0n) is 13.2. The number of nitrogens with zero attached hydrogens (tertiary/aromatic N) is 1. The first-order chi connectivity index (χ1) is 10.7. The number of carbonyl (C=O) groups excluding carboxylic acids is 2. The quantitative estimate of drug-likeness (QED) is 0.851. The average molecular weight is 304 g/mol. The summed E-state index contributed by atoms with van der Waals surface area (Å²) in [5.74, 6) is -0.409. The zero-order chi connectivity index (χ0) is 15.9. The molecule has 0 aromatic heterocycles. The lowest BCUT2D eigenvalue weighted by Crippen LogP contribution is -2.47. The predicted octanol–water partition coefficient (Wildman–Crippen LogP) is 2.56. The highest BCUT2D eigenvalue weighted by atomic mass is 16.5. The maximum absolute atomic E-state index is 12.3. The van der Waals surface area contributed by atoms with Gasteiger partial charge in [-0.2, -0.15) is 0 Å². The molecule has 120 valence electrons. The van der Waals surface area contributed by atoms with Crippen molar-refractivity contribution in [2.75, 3.05) is 13.7 Å². The second-order valence-electron chi connectivity index (χ2n) is 5.53. The molecule has 5 nitrogen and oxygen atoms in total. The van der Waals surface area contributed by atoms with E-state index in [2.05, 4.69) is 5.32 Å². The molecule has 0 aliphatic heterocycles. The summed E-state index contributed by atoms with van der Waals surface area (Å²) in [7, 11) is 1.62. The van der Waals surface area contributed by atoms with E-state index in [1.165, 1.54) is 0 Å². The molecule has 1 aromatic carbocycles. The van der Waals surface area contributed by atoms with Crippen molar-refractivity contribution < 1.29 is 14.3 Å². The van der Waals surface area contributed by atoms with Gasteiger partial charge in [0.25, 0.3) is 0 Å². The first kappa shape index (κ1) is 16.3. The van der Waals surface area contributed by atoms with Crippen LogP contribution in [0.25, 0.3) is 0 Å². The van der Waals surface area contributed by atoms with Gasteiger partial charge in [-0.25, -0.2) is 4.79 Å². The molecule has 2 atom stereocenters. The molecule has 1 aromatic rings. The summed E-state index contributed by atoms with van der Waals surface area (Å²) in [6, 6.07) is 9.59. The summed E-state index contributed by atoms with van der Waals surface area (Å²) >= 11 is 0. The van der Waals surface area contributed by atoms with Crippen molar-refractivity contribution in [3.8, 4) is 0 Å². The number of hydrogen-bond donors (Lipinski definition) is 1. The second-order valence-corrected chi connectivity index (χ2v) is 5.53. The number of ether oxygens (including phenoxy) is 1. The van der Waals surface area contributed by atoms with Crippen LogP contribution in [0.2, 0.25) is 0 Å². The molecule has 1 N–H and O–H groups in total. The van der Waals surface area contributed by atoms with Crippen LogP contribution in [0.15, 0.2) is 30.3 Å². The number of hydrogen-bond acceptors (Lipinski definition) is 3. The van der Waals surface area contributed by atoms with Gasteiger partial charge >= 0.3 is 12.0 Å². The third-order valence-electron chi connectivity index (χ3n) is 4.14. The van der Waals surface area contributed by atoms with E-state index in [4.69, 9.17) is 4.74 Å². The Bertz CT molecular complexity index is 504. The van der Waals surface area contributed by atoms with Crippen LogP contribution >= 0.6 is 0 Å². The van der Waals surface area contributed by atoms with Crippen LogP contribution in [0.4, 0.5) is 4.79 Å². The normalized spacial score (nSPS) is 20.5. The summed E-state index contributed by atoms with van der Waals surface area (Å²) < 4.78 is 5.17. The van der Waals surface area contributed by atoms with E-state index >= 15 is 0 Å². The molecule has 5 heteroatoms. The highest BCUT2D eigenvalue weighted by Gasteiger charge is 2.39. The van der Waals surface area contributed by atoms with Crippen molar-refractivity contribution in [1.82, 2.24) is 10.2 Å². The minimum Gasteiger partial charge on any atom is -0.466 e. The van der Waals surface area contributed by atoms with Crippen molar-refractivity contribution in [2.45, 2.75) is 38.8 Å². The number of rotatable bonds is 5. The lowest BCUT2D eigenvalue weighted by atomic mass is 10.0. The summed E-state index contributed by atoms with van der Waals surface area (Å²) in [5.41, 5.74) is 1.06. The van der Waals surface area contributed by atoms with Crippen molar-refractivity contribution >= 4 is 12.0 Å². The lowest BCUT2D eigenvalue weighted by Gasteiger charge is -2.32. The molecule has 1 saturated carbocycles. The van der Waals surface area contributed by atoms with Crippen LogP contribution in [0.5, 0.6) is 0 Å². The fourth-order valence-electron chi connectivity index (χ4n) is 3.10. The Labute approximate surface area is 131 Å². The summed E-state index contributed by atoms with van der Waals surface area (Å²) in [6.45, 7) is 2.68. The van der Waals surface area contributed by atoms with Gasteiger partial charge in [0, 0.05) is 19.6 Å². The molecule has 0 heterocycles. The predicted molar refractivity (Wildman–Crippen MR) is 84.2 cm³/mol. The fraction of sp³-hybridized carbons (Fsp3) is 0.529. The van der Waals surface area contributed by atoms with Crippen LogP contribution in [0, 0.1) is 5.92 Å². The van der Waals surface area contributed by atoms with Crippen molar-refractivity contribution in [1.29, 1.82) is 0 Å². The number of amides is 2. The summed E-state index contributed by atoms with van der Waals surface area (Å²) in [6.07, 6.45) is 2.56. The Morgan fingerprint density at radius 1 is 1.27 bits per heavy atom. The molecule has 22 heavy (non-hydrogen) atoms. The van der Waals surface area contributed by atoms with E-state index in [-0.39, 0.29) is 24.0 Å². The second kappa shape index (κ2) is 7.82. The van der Waals surface area contributed by atoms with Gasteiger partial charge < -0.3 is 15.0 Å². The molecular formula is C17H24N2O3. The van der Waals surface area contributed by atoms with E-state index in [0.29, 0.717) is 13.2 Å². The number of nitrogens with one attached hydrogen (secondary N) is 1. The topological polar surface area (TPSA) is 58.6 Å². The molecule has 1 fully saturated rings. The molecule has 1 aliphatic rings. The van der Waals surface area contributed by atoms with Crippen LogP contribution < -0.4 is 5.32 Å². The van der Waals surface area contributed by atoms with E-state index < -0.39 is 0 Å². The van der Waals surface area contributed by atoms with E-state index in [0.717, 1.165) is 24.8 Å². The third kappa shape index (κ3) is 3.78. The molecular weight excluding hydrogens is 280 g/mol. The van der Waals surface area contributed by atoms with Gasteiger partial charge in [0.2, 0.25) is 0 Å². The van der Waals surface area contributed by atoms with Gasteiger partial charge in [-0.3, -0.25) is 4.79 Å². The van der Waals surface area contributed by atoms with Gasteiger partial charge in [-0.1, -0.05) is 36.8 Å². The van der Waals surface area contributed by atoms with Crippen LogP contribution in [0.3, 0.4) is 0 Å². The number of esters is 1. The largest absolute Gasteiger partial charge is 0.466 e. The van der Waals surface area contributed by atoms with E-state index in [1.54, 1.807) is 11.9 Å². The van der Waals surface area contributed by atoms with Crippen molar-refractivity contribution in [2.24, 2.45) is 5.92 Å². The highest BCUT2D eigenvalue weighted by Crippen LogP contribution is 2.32. The molecule has 2 rings (SSSR count). The van der Waals surface area contributed by atoms with Gasteiger partial charge in [0.05, 0.1) is 12.5 Å². The Morgan fingerprint density at radius 3 is 2.64 bits per heavy atom. The Hall–Kier alpha value is -2.04. The molecule has 0 saturated heterocycles. The average Bonchev–Trinajstić information content (AvgIpc) is 3.02. The molecule has 0 spiro atoms. The van der Waals surface area contributed by atoms with Gasteiger partial charge in [-0.05, 0) is 25.3 Å². The van der Waals surface area contributed by atoms with E-state index in [1.807, 2.05) is 37.3 Å². The van der Waals surface area contributed by atoms with Crippen LogP contribution in [-0.4, -0.2) is 36.6 Å². The third-order valence-corrected chi connectivity index (χ3v) is 4.14. The number of carbonyl (C=O) groups is 2. The number of urea groups is 1. The molecule has 0 radical (unpaired) electrons. The van der Waals surface area contributed by atoms with Gasteiger partial charge in [0.15, 0.2) is 0 Å². The summed E-state index contributed by atoms with van der Waals surface area (Å²) in [5, 5.41) is 2.69. The smallest absolute Gasteiger partial charge is 0.317 e. The maximum atomic E-state index is 12.3. The van der Waals surface area contributed by atoms with Gasteiger partial charge in [-0.15, -0.1) is 0 Å². The minimum atomic E-state index is -0.221. The van der Waals surface area contributed by atoms with E-state index in [9.17, 15) is 9.59 Å². The monoisotopic (exact) mass is 304 g/mol. The Kier molecular flexibility index (Phi) is 5.81. The lowest BCUT2D eigenvalue weighted by molar-refractivity contribution is -0.149. The zero-order valence-corrected chi connectivity index (χ0v) is 13.2. The molecule has 2 amide bonds. The maximum Gasteiger partial charge on any atom is 0.317 e. The Balaban J connectivity index is 2.17. The summed E-state index contributed by atoms with van der Waals surface area (Å²) in [4.78, 5) is 26.2. The fourth-order valence-corrected chi connectivity index (χ4v) is 3.10. The van der Waals surface area contributed by atoms with Crippen LogP contribution in [-0.2, 0) is 16.1 Å². The first-order valence-corrected chi connectivity index (χ1v) is 7.86. The minimum absolute atomic E-state index is 0.0980. The Morgan fingerprint density at radius 2 is 2.00 bits per heavy atom. The van der Waals surface area contributed by atoms with Crippen molar-refractivity contribution in [3.63, 3.8) is 0 Å². The molecule has 0 bridgehead atoms. The first-order valence-electron chi connectivity index (χ1n) is 7.86. The molecule has 1 aliphatic carbocycles. The molecule has 0 unspecified atom stereocenters.